The van der Waals surface area contributed by atoms with Crippen LogP contribution in [-0.4, -0.2) is 23.5 Å². The van der Waals surface area contributed by atoms with Crippen LogP contribution in [0.2, 0.25) is 0 Å². The molecule has 0 unspecified atom stereocenters. The van der Waals surface area contributed by atoms with Crippen molar-refractivity contribution in [2.45, 2.75) is 6.42 Å². The van der Waals surface area contributed by atoms with Gasteiger partial charge in [0.05, 0.1) is 18.2 Å². The summed E-state index contributed by atoms with van der Waals surface area (Å²) in [5.74, 6) is 2.13. The summed E-state index contributed by atoms with van der Waals surface area (Å²) in [6.45, 7) is 0.820. The lowest BCUT2D eigenvalue weighted by Crippen LogP contribution is -2.03. The molecule has 0 amide bonds. The first-order valence-corrected chi connectivity index (χ1v) is 6.21. The van der Waals surface area contributed by atoms with Crippen molar-refractivity contribution in [2.75, 3.05) is 18.7 Å². The first-order valence-electron chi connectivity index (χ1n) is 6.21. The van der Waals surface area contributed by atoms with Crippen LogP contribution in [0.25, 0.3) is 11.3 Å². The number of fused-ring (bicyclic) bond motifs is 1. The predicted molar refractivity (Wildman–Crippen MR) is 72.3 cm³/mol. The van der Waals surface area contributed by atoms with Crippen molar-refractivity contribution in [3.8, 4) is 28.8 Å². The summed E-state index contributed by atoms with van der Waals surface area (Å²) in [5.41, 5.74) is 1.68. The van der Waals surface area contributed by atoms with Crippen LogP contribution in [0.15, 0.2) is 30.3 Å². The van der Waals surface area contributed by atoms with Crippen LogP contribution in [0.4, 0.5) is 5.82 Å². The van der Waals surface area contributed by atoms with Gasteiger partial charge < -0.3 is 14.8 Å². The number of aromatic nitrogens is 2. The molecule has 100 valence electrons. The van der Waals surface area contributed by atoms with Crippen molar-refractivity contribution in [2.24, 2.45) is 0 Å². The van der Waals surface area contributed by atoms with Gasteiger partial charge in [0, 0.05) is 12.1 Å². The second-order valence-electron chi connectivity index (χ2n) is 4.21. The standard InChI is InChI=1S/C14H12N4O2/c15-6-1-7-16-14-5-3-11(17-18-14)10-2-4-12-13(8-10)20-9-19-12/h2-5,8H,1,7,9H2,(H,16,18). The Morgan fingerprint density at radius 2 is 2.05 bits per heavy atom. The van der Waals surface area contributed by atoms with E-state index in [9.17, 15) is 0 Å². The second kappa shape index (κ2) is 5.45. The molecule has 0 saturated heterocycles. The number of nitriles is 1. The Morgan fingerprint density at radius 1 is 1.15 bits per heavy atom. The summed E-state index contributed by atoms with van der Waals surface area (Å²) in [6.07, 6.45) is 0.436. The highest BCUT2D eigenvalue weighted by atomic mass is 16.7. The molecule has 0 saturated carbocycles. The summed E-state index contributed by atoms with van der Waals surface area (Å²) in [6, 6.07) is 11.4. The summed E-state index contributed by atoms with van der Waals surface area (Å²) in [4.78, 5) is 0. The number of hydrogen-bond acceptors (Lipinski definition) is 6. The molecule has 1 aromatic heterocycles. The quantitative estimate of drug-likeness (QED) is 0.856. The Kier molecular flexibility index (Phi) is 3.33. The van der Waals surface area contributed by atoms with E-state index in [1.807, 2.05) is 30.3 Å². The summed E-state index contributed by atoms with van der Waals surface area (Å²) in [7, 11) is 0. The van der Waals surface area contributed by atoms with E-state index in [0.717, 1.165) is 22.8 Å². The van der Waals surface area contributed by atoms with Crippen molar-refractivity contribution in [3.63, 3.8) is 0 Å². The normalized spacial score (nSPS) is 11.9. The van der Waals surface area contributed by atoms with Gasteiger partial charge in [0.1, 0.15) is 5.82 Å². The molecule has 1 aliphatic heterocycles. The lowest BCUT2D eigenvalue weighted by molar-refractivity contribution is 0.174. The monoisotopic (exact) mass is 268 g/mol. The molecule has 0 radical (unpaired) electrons. The number of nitrogens with zero attached hydrogens (tertiary/aromatic N) is 3. The fraction of sp³-hybridized carbons (Fsp3) is 0.214. The van der Waals surface area contributed by atoms with Crippen molar-refractivity contribution in [3.05, 3.63) is 30.3 Å². The van der Waals surface area contributed by atoms with Crippen LogP contribution in [0.1, 0.15) is 6.42 Å². The summed E-state index contributed by atoms with van der Waals surface area (Å²) >= 11 is 0. The molecule has 0 fully saturated rings. The highest BCUT2D eigenvalue weighted by Gasteiger charge is 2.14. The van der Waals surface area contributed by atoms with E-state index >= 15 is 0 Å². The number of anilines is 1. The minimum Gasteiger partial charge on any atom is -0.454 e. The van der Waals surface area contributed by atoms with Crippen LogP contribution in [0.5, 0.6) is 11.5 Å². The lowest BCUT2D eigenvalue weighted by atomic mass is 10.1. The lowest BCUT2D eigenvalue weighted by Gasteiger charge is -2.04. The van der Waals surface area contributed by atoms with Crippen molar-refractivity contribution >= 4 is 5.82 Å². The van der Waals surface area contributed by atoms with E-state index in [0.29, 0.717) is 18.8 Å². The van der Waals surface area contributed by atoms with Gasteiger partial charge >= 0.3 is 0 Å². The van der Waals surface area contributed by atoms with Crippen LogP contribution >= 0.6 is 0 Å². The van der Waals surface area contributed by atoms with E-state index in [4.69, 9.17) is 14.7 Å². The fourth-order valence-electron chi connectivity index (χ4n) is 1.88. The van der Waals surface area contributed by atoms with Gasteiger partial charge in [-0.1, -0.05) is 0 Å². The van der Waals surface area contributed by atoms with Gasteiger partial charge in [-0.05, 0) is 30.3 Å². The van der Waals surface area contributed by atoms with Crippen LogP contribution in [0, 0.1) is 11.3 Å². The third kappa shape index (κ3) is 2.47. The minimum atomic E-state index is 0.256. The van der Waals surface area contributed by atoms with Gasteiger partial charge in [0.2, 0.25) is 6.79 Å². The topological polar surface area (TPSA) is 80.1 Å². The van der Waals surface area contributed by atoms with E-state index in [-0.39, 0.29) is 6.79 Å². The molecular weight excluding hydrogens is 256 g/mol. The third-order valence-corrected chi connectivity index (χ3v) is 2.88. The predicted octanol–water partition coefficient (Wildman–Crippen LogP) is 2.20. The maximum Gasteiger partial charge on any atom is 0.231 e. The van der Waals surface area contributed by atoms with E-state index in [1.165, 1.54) is 0 Å². The van der Waals surface area contributed by atoms with E-state index in [2.05, 4.69) is 21.6 Å². The van der Waals surface area contributed by atoms with Gasteiger partial charge in [0.25, 0.3) is 0 Å². The molecule has 0 spiro atoms. The number of benzene rings is 1. The molecule has 1 N–H and O–H groups in total. The number of nitrogens with one attached hydrogen (secondary N) is 1. The average molecular weight is 268 g/mol. The summed E-state index contributed by atoms with van der Waals surface area (Å²) in [5, 5.41) is 19.7. The zero-order valence-electron chi connectivity index (χ0n) is 10.7. The smallest absolute Gasteiger partial charge is 0.231 e. The van der Waals surface area contributed by atoms with Gasteiger partial charge in [-0.2, -0.15) is 5.26 Å². The average Bonchev–Trinajstić information content (AvgIpc) is 2.96. The Hall–Kier alpha value is -2.81. The van der Waals surface area contributed by atoms with Gasteiger partial charge in [-0.25, -0.2) is 0 Å². The highest BCUT2D eigenvalue weighted by Crippen LogP contribution is 2.35. The second-order valence-corrected chi connectivity index (χ2v) is 4.21. The molecule has 0 aliphatic carbocycles. The minimum absolute atomic E-state index is 0.256. The zero-order chi connectivity index (χ0) is 13.8. The number of hydrogen-bond donors (Lipinski definition) is 1. The van der Waals surface area contributed by atoms with Gasteiger partial charge in [0.15, 0.2) is 11.5 Å². The first-order chi connectivity index (χ1) is 9.86. The maximum atomic E-state index is 8.47. The number of rotatable bonds is 4. The molecule has 6 nitrogen and oxygen atoms in total. The van der Waals surface area contributed by atoms with E-state index < -0.39 is 0 Å². The Bertz CT molecular complexity index is 649. The molecule has 20 heavy (non-hydrogen) atoms. The van der Waals surface area contributed by atoms with Crippen molar-refractivity contribution in [1.82, 2.24) is 10.2 Å². The van der Waals surface area contributed by atoms with Crippen molar-refractivity contribution < 1.29 is 9.47 Å². The van der Waals surface area contributed by atoms with E-state index in [1.54, 1.807) is 0 Å². The Labute approximate surface area is 116 Å². The Balaban J connectivity index is 1.76. The number of ether oxygens (including phenoxy) is 2. The zero-order valence-corrected chi connectivity index (χ0v) is 10.7. The summed E-state index contributed by atoms with van der Waals surface area (Å²) < 4.78 is 10.6. The van der Waals surface area contributed by atoms with Crippen LogP contribution < -0.4 is 14.8 Å². The maximum absolute atomic E-state index is 8.47. The van der Waals surface area contributed by atoms with Crippen LogP contribution in [-0.2, 0) is 0 Å². The molecule has 2 heterocycles. The molecule has 2 aromatic rings. The van der Waals surface area contributed by atoms with Gasteiger partial charge in [-0.15, -0.1) is 10.2 Å². The first kappa shape index (κ1) is 12.2. The largest absolute Gasteiger partial charge is 0.454 e. The molecule has 1 aliphatic rings. The van der Waals surface area contributed by atoms with Crippen LogP contribution in [0.3, 0.4) is 0 Å². The fourth-order valence-corrected chi connectivity index (χ4v) is 1.88. The molecule has 0 bridgehead atoms. The third-order valence-electron chi connectivity index (χ3n) is 2.88. The highest BCUT2D eigenvalue weighted by molar-refractivity contribution is 5.64. The van der Waals surface area contributed by atoms with Gasteiger partial charge in [-0.3, -0.25) is 0 Å². The SMILES string of the molecule is N#CCCNc1ccc(-c2ccc3c(c2)OCO3)nn1. The molecule has 3 rings (SSSR count). The molecule has 1 aromatic carbocycles. The Morgan fingerprint density at radius 3 is 2.85 bits per heavy atom. The molecule has 6 heteroatoms. The van der Waals surface area contributed by atoms with Crippen molar-refractivity contribution in [1.29, 1.82) is 5.26 Å². The molecule has 0 atom stereocenters. The molecular formula is C14H12N4O2.